The standard InChI is InChI=1S/C12H16Cl2N2/c1-2-3-4-5-12(16-15)9-6-7-10(13)11(14)8-9/h2,6-8,12,16H,1,3-5,15H2. The van der Waals surface area contributed by atoms with Gasteiger partial charge in [0.2, 0.25) is 0 Å². The molecule has 0 fully saturated rings. The van der Waals surface area contributed by atoms with Crippen molar-refractivity contribution in [3.05, 3.63) is 46.5 Å². The maximum absolute atomic E-state index is 5.96. The molecule has 0 bridgehead atoms. The zero-order chi connectivity index (χ0) is 12.0. The Labute approximate surface area is 106 Å². The van der Waals surface area contributed by atoms with E-state index in [9.17, 15) is 0 Å². The zero-order valence-corrected chi connectivity index (χ0v) is 10.6. The molecule has 4 heteroatoms. The number of allylic oxidation sites excluding steroid dienone is 1. The Hall–Kier alpha value is -0.540. The summed E-state index contributed by atoms with van der Waals surface area (Å²) in [6.45, 7) is 3.69. The van der Waals surface area contributed by atoms with Crippen molar-refractivity contribution in [2.24, 2.45) is 5.84 Å². The van der Waals surface area contributed by atoms with Crippen molar-refractivity contribution < 1.29 is 0 Å². The molecule has 0 aromatic heterocycles. The predicted octanol–water partition coefficient (Wildman–Crippen LogP) is 3.85. The van der Waals surface area contributed by atoms with Crippen LogP contribution in [0.2, 0.25) is 10.0 Å². The minimum atomic E-state index is 0.106. The van der Waals surface area contributed by atoms with E-state index in [4.69, 9.17) is 29.0 Å². The number of hydrogen-bond acceptors (Lipinski definition) is 2. The second kappa shape index (κ2) is 6.92. The number of hydrazine groups is 1. The summed E-state index contributed by atoms with van der Waals surface area (Å²) in [4.78, 5) is 0. The fourth-order valence-electron chi connectivity index (χ4n) is 1.54. The van der Waals surface area contributed by atoms with Gasteiger partial charge in [-0.05, 0) is 37.0 Å². The lowest BCUT2D eigenvalue weighted by Crippen LogP contribution is -2.27. The van der Waals surface area contributed by atoms with Crippen molar-refractivity contribution in [2.45, 2.75) is 25.3 Å². The second-order valence-corrected chi connectivity index (χ2v) is 4.43. The molecule has 0 aliphatic rings. The van der Waals surface area contributed by atoms with Crippen LogP contribution in [0.15, 0.2) is 30.9 Å². The highest BCUT2D eigenvalue weighted by molar-refractivity contribution is 6.42. The van der Waals surface area contributed by atoms with Gasteiger partial charge >= 0.3 is 0 Å². The van der Waals surface area contributed by atoms with Crippen LogP contribution in [-0.4, -0.2) is 0 Å². The van der Waals surface area contributed by atoms with E-state index in [1.54, 1.807) is 6.07 Å². The lowest BCUT2D eigenvalue weighted by atomic mass is 10.0. The second-order valence-electron chi connectivity index (χ2n) is 3.61. The third kappa shape index (κ3) is 3.80. The Bertz CT molecular complexity index is 353. The van der Waals surface area contributed by atoms with Crippen molar-refractivity contribution in [1.29, 1.82) is 0 Å². The number of benzene rings is 1. The minimum absolute atomic E-state index is 0.106. The van der Waals surface area contributed by atoms with Crippen LogP contribution in [0.3, 0.4) is 0 Å². The Morgan fingerprint density at radius 3 is 2.69 bits per heavy atom. The van der Waals surface area contributed by atoms with Gasteiger partial charge in [-0.1, -0.05) is 35.3 Å². The smallest absolute Gasteiger partial charge is 0.0595 e. The normalized spacial score (nSPS) is 12.4. The predicted molar refractivity (Wildman–Crippen MR) is 70.6 cm³/mol. The highest BCUT2D eigenvalue weighted by atomic mass is 35.5. The summed E-state index contributed by atoms with van der Waals surface area (Å²) < 4.78 is 0. The van der Waals surface area contributed by atoms with Crippen molar-refractivity contribution >= 4 is 23.2 Å². The molecule has 0 saturated heterocycles. The molecule has 2 nitrogen and oxygen atoms in total. The van der Waals surface area contributed by atoms with Gasteiger partial charge in [0.1, 0.15) is 0 Å². The van der Waals surface area contributed by atoms with E-state index in [0.717, 1.165) is 24.8 Å². The zero-order valence-electron chi connectivity index (χ0n) is 9.05. The molecule has 1 rings (SSSR count). The van der Waals surface area contributed by atoms with E-state index < -0.39 is 0 Å². The van der Waals surface area contributed by atoms with Gasteiger partial charge < -0.3 is 0 Å². The monoisotopic (exact) mass is 258 g/mol. The first-order valence-corrected chi connectivity index (χ1v) is 5.96. The van der Waals surface area contributed by atoms with Crippen LogP contribution in [0.25, 0.3) is 0 Å². The fourth-order valence-corrected chi connectivity index (χ4v) is 1.85. The molecule has 1 atom stereocenters. The number of hydrogen-bond donors (Lipinski definition) is 2. The van der Waals surface area contributed by atoms with Crippen LogP contribution in [0.4, 0.5) is 0 Å². The third-order valence-corrected chi connectivity index (χ3v) is 3.19. The van der Waals surface area contributed by atoms with Gasteiger partial charge in [0.05, 0.1) is 10.0 Å². The largest absolute Gasteiger partial charge is 0.271 e. The third-order valence-electron chi connectivity index (χ3n) is 2.45. The maximum atomic E-state index is 5.96. The molecule has 3 N–H and O–H groups in total. The molecule has 1 unspecified atom stereocenters. The van der Waals surface area contributed by atoms with Gasteiger partial charge in [0.25, 0.3) is 0 Å². The molecule has 0 heterocycles. The van der Waals surface area contributed by atoms with Crippen molar-refractivity contribution in [3.63, 3.8) is 0 Å². The average Bonchev–Trinajstić information content (AvgIpc) is 2.29. The van der Waals surface area contributed by atoms with Crippen LogP contribution < -0.4 is 11.3 Å². The van der Waals surface area contributed by atoms with Crippen LogP contribution >= 0.6 is 23.2 Å². The molecule has 88 valence electrons. The van der Waals surface area contributed by atoms with Crippen molar-refractivity contribution in [1.82, 2.24) is 5.43 Å². The summed E-state index contributed by atoms with van der Waals surface area (Å²) >= 11 is 11.8. The van der Waals surface area contributed by atoms with Gasteiger partial charge in [-0.2, -0.15) is 0 Å². The van der Waals surface area contributed by atoms with Crippen LogP contribution in [0.1, 0.15) is 30.9 Å². The molecule has 0 aliphatic heterocycles. The Kier molecular flexibility index (Phi) is 5.85. The van der Waals surface area contributed by atoms with Gasteiger partial charge in [-0.25, -0.2) is 0 Å². The highest BCUT2D eigenvalue weighted by Crippen LogP contribution is 2.27. The van der Waals surface area contributed by atoms with E-state index in [1.807, 2.05) is 18.2 Å². The summed E-state index contributed by atoms with van der Waals surface area (Å²) in [7, 11) is 0. The summed E-state index contributed by atoms with van der Waals surface area (Å²) in [6, 6.07) is 5.68. The van der Waals surface area contributed by atoms with Crippen molar-refractivity contribution in [2.75, 3.05) is 0 Å². The molecule has 1 aromatic rings. The lowest BCUT2D eigenvalue weighted by molar-refractivity contribution is 0.501. The number of rotatable bonds is 6. The summed E-state index contributed by atoms with van der Waals surface area (Å²) in [5.41, 5.74) is 3.84. The first-order chi connectivity index (χ1) is 7.69. The molecular weight excluding hydrogens is 243 g/mol. The molecule has 16 heavy (non-hydrogen) atoms. The molecule has 0 aliphatic carbocycles. The maximum Gasteiger partial charge on any atom is 0.0595 e. The van der Waals surface area contributed by atoms with Crippen LogP contribution in [0.5, 0.6) is 0 Å². The number of halogens is 2. The fraction of sp³-hybridized carbons (Fsp3) is 0.333. The average molecular weight is 259 g/mol. The van der Waals surface area contributed by atoms with Gasteiger partial charge in [0.15, 0.2) is 0 Å². The summed E-state index contributed by atoms with van der Waals surface area (Å²) in [6.07, 6.45) is 4.88. The highest BCUT2D eigenvalue weighted by Gasteiger charge is 2.10. The number of unbranched alkanes of at least 4 members (excludes halogenated alkanes) is 1. The molecule has 0 amide bonds. The van der Waals surface area contributed by atoms with E-state index in [1.165, 1.54) is 0 Å². The Balaban J connectivity index is 2.70. The van der Waals surface area contributed by atoms with E-state index in [0.29, 0.717) is 10.0 Å². The quantitative estimate of drug-likeness (QED) is 0.352. The van der Waals surface area contributed by atoms with Gasteiger partial charge in [0, 0.05) is 6.04 Å². The Morgan fingerprint density at radius 1 is 1.38 bits per heavy atom. The molecule has 1 aromatic carbocycles. The molecule has 0 spiro atoms. The van der Waals surface area contributed by atoms with E-state index in [-0.39, 0.29) is 6.04 Å². The van der Waals surface area contributed by atoms with Crippen molar-refractivity contribution in [3.8, 4) is 0 Å². The van der Waals surface area contributed by atoms with Crippen LogP contribution in [-0.2, 0) is 0 Å². The molecule has 0 saturated carbocycles. The number of nitrogens with one attached hydrogen (secondary N) is 1. The summed E-state index contributed by atoms with van der Waals surface area (Å²) in [5.74, 6) is 5.52. The number of nitrogens with two attached hydrogens (primary N) is 1. The van der Waals surface area contributed by atoms with Crippen LogP contribution in [0, 0.1) is 0 Å². The topological polar surface area (TPSA) is 38.0 Å². The van der Waals surface area contributed by atoms with Gasteiger partial charge in [-0.3, -0.25) is 11.3 Å². The molecule has 0 radical (unpaired) electrons. The minimum Gasteiger partial charge on any atom is -0.271 e. The first-order valence-electron chi connectivity index (χ1n) is 5.21. The summed E-state index contributed by atoms with van der Waals surface area (Å²) in [5, 5.41) is 1.12. The Morgan fingerprint density at radius 2 is 2.12 bits per heavy atom. The first kappa shape index (κ1) is 13.5. The molecular formula is C12H16Cl2N2. The SMILES string of the molecule is C=CCCCC(NN)c1ccc(Cl)c(Cl)c1. The lowest BCUT2D eigenvalue weighted by Gasteiger charge is -2.16. The van der Waals surface area contributed by atoms with E-state index >= 15 is 0 Å². The van der Waals surface area contributed by atoms with E-state index in [2.05, 4.69) is 12.0 Å². The van der Waals surface area contributed by atoms with Gasteiger partial charge in [-0.15, -0.1) is 6.58 Å².